The highest BCUT2D eigenvalue weighted by molar-refractivity contribution is 5.38. The van der Waals surface area contributed by atoms with Crippen LogP contribution in [0.25, 0.3) is 0 Å². The number of hydrogen-bond donors (Lipinski definition) is 1. The molecule has 0 aliphatic heterocycles. The molecular weight excluding hydrogens is 259 g/mol. The van der Waals surface area contributed by atoms with Gasteiger partial charge < -0.3 is 5.11 Å². The van der Waals surface area contributed by atoms with Gasteiger partial charge in [-0.1, -0.05) is 17.9 Å². The van der Waals surface area contributed by atoms with Crippen LogP contribution in [0, 0.1) is 24.6 Å². The zero-order valence-corrected chi connectivity index (χ0v) is 10.9. The summed E-state index contributed by atoms with van der Waals surface area (Å²) in [4.78, 5) is 11.7. The van der Waals surface area contributed by atoms with Gasteiger partial charge in [0, 0.05) is 6.07 Å². The first-order valence-electron chi connectivity index (χ1n) is 6.03. The number of aliphatic hydroxyl groups excluding tert-OH is 1. The van der Waals surface area contributed by atoms with Crippen LogP contribution in [-0.2, 0) is 6.54 Å². The van der Waals surface area contributed by atoms with Gasteiger partial charge in [-0.15, -0.1) is 0 Å². The van der Waals surface area contributed by atoms with Crippen molar-refractivity contribution >= 4 is 0 Å². The normalized spacial score (nSPS) is 9.95. The summed E-state index contributed by atoms with van der Waals surface area (Å²) in [5.41, 5.74) is 1.42. The van der Waals surface area contributed by atoms with E-state index in [-0.39, 0.29) is 24.3 Å². The molecule has 1 N–H and O–H groups in total. The molecule has 0 aliphatic rings. The Balaban J connectivity index is 2.34. The lowest BCUT2D eigenvalue weighted by Gasteiger charge is -2.06. The van der Waals surface area contributed by atoms with E-state index in [2.05, 4.69) is 16.9 Å². The smallest absolute Gasteiger partial charge is 0.267 e. The molecule has 2 aromatic rings. The molecule has 1 heterocycles. The minimum absolute atomic E-state index is 0.192. The highest BCUT2D eigenvalue weighted by atomic mass is 19.1. The third-order valence-corrected chi connectivity index (χ3v) is 2.67. The summed E-state index contributed by atoms with van der Waals surface area (Å²) >= 11 is 0. The van der Waals surface area contributed by atoms with Crippen molar-refractivity contribution in [3.8, 4) is 11.8 Å². The standard InChI is InChI=1S/C15H13FN2O2/c1-11-4-7-15(20)18(17-11)10-12-5-6-14(16)13(9-12)3-2-8-19/h4-7,9,19H,8,10H2,1H3. The van der Waals surface area contributed by atoms with Crippen molar-refractivity contribution in [2.24, 2.45) is 0 Å². The largest absolute Gasteiger partial charge is 0.384 e. The van der Waals surface area contributed by atoms with Gasteiger partial charge in [0.2, 0.25) is 0 Å². The number of rotatable bonds is 2. The van der Waals surface area contributed by atoms with Crippen molar-refractivity contribution in [3.63, 3.8) is 0 Å². The van der Waals surface area contributed by atoms with Crippen molar-refractivity contribution in [1.29, 1.82) is 0 Å². The number of aryl methyl sites for hydroxylation is 1. The first-order valence-corrected chi connectivity index (χ1v) is 6.03. The van der Waals surface area contributed by atoms with Crippen LogP contribution < -0.4 is 5.56 Å². The predicted molar refractivity (Wildman–Crippen MR) is 72.7 cm³/mol. The van der Waals surface area contributed by atoms with Crippen molar-refractivity contribution < 1.29 is 9.50 Å². The van der Waals surface area contributed by atoms with Gasteiger partial charge in [-0.25, -0.2) is 9.07 Å². The van der Waals surface area contributed by atoms with Gasteiger partial charge in [-0.3, -0.25) is 4.79 Å². The van der Waals surface area contributed by atoms with E-state index >= 15 is 0 Å². The molecule has 0 atom stereocenters. The topological polar surface area (TPSA) is 55.1 Å². The van der Waals surface area contributed by atoms with Gasteiger partial charge in [-0.05, 0) is 30.7 Å². The molecule has 0 unspecified atom stereocenters. The number of aliphatic hydroxyl groups is 1. The molecule has 5 heteroatoms. The van der Waals surface area contributed by atoms with E-state index in [0.717, 1.165) is 5.69 Å². The van der Waals surface area contributed by atoms with E-state index in [1.807, 2.05) is 0 Å². The third kappa shape index (κ3) is 3.31. The SMILES string of the molecule is Cc1ccc(=O)n(Cc2ccc(F)c(C#CCO)c2)n1. The predicted octanol–water partition coefficient (Wildman–Crippen LogP) is 1.08. The molecule has 2 rings (SSSR count). The summed E-state index contributed by atoms with van der Waals surface area (Å²) in [5.74, 6) is 4.47. The Bertz CT molecular complexity index is 742. The van der Waals surface area contributed by atoms with Crippen molar-refractivity contribution in [2.75, 3.05) is 6.61 Å². The van der Waals surface area contributed by atoms with E-state index in [0.29, 0.717) is 5.56 Å². The number of aromatic nitrogens is 2. The number of hydrogen-bond acceptors (Lipinski definition) is 3. The van der Waals surface area contributed by atoms with Crippen LogP contribution in [0.2, 0.25) is 0 Å². The lowest BCUT2D eigenvalue weighted by atomic mass is 10.1. The van der Waals surface area contributed by atoms with Gasteiger partial charge in [0.1, 0.15) is 12.4 Å². The van der Waals surface area contributed by atoms with E-state index in [4.69, 9.17) is 5.11 Å². The van der Waals surface area contributed by atoms with Gasteiger partial charge >= 0.3 is 0 Å². The molecule has 1 aromatic heterocycles. The molecule has 0 saturated heterocycles. The van der Waals surface area contributed by atoms with Gasteiger partial charge in [0.25, 0.3) is 5.56 Å². The maximum atomic E-state index is 13.5. The average Bonchev–Trinajstić information content (AvgIpc) is 2.43. The fourth-order valence-electron chi connectivity index (χ4n) is 1.74. The van der Waals surface area contributed by atoms with Gasteiger partial charge in [0.15, 0.2) is 0 Å². The fourth-order valence-corrected chi connectivity index (χ4v) is 1.74. The molecular formula is C15H13FN2O2. The average molecular weight is 272 g/mol. The summed E-state index contributed by atoms with van der Waals surface area (Å²) in [7, 11) is 0. The van der Waals surface area contributed by atoms with Crippen LogP contribution in [0.4, 0.5) is 4.39 Å². The van der Waals surface area contributed by atoms with Crippen LogP contribution in [0.5, 0.6) is 0 Å². The summed E-state index contributed by atoms with van der Waals surface area (Å²) < 4.78 is 14.8. The van der Waals surface area contributed by atoms with Crippen LogP contribution in [0.3, 0.4) is 0 Å². The zero-order valence-electron chi connectivity index (χ0n) is 10.9. The second-order valence-corrected chi connectivity index (χ2v) is 4.24. The minimum Gasteiger partial charge on any atom is -0.384 e. The molecule has 4 nitrogen and oxygen atoms in total. The van der Waals surface area contributed by atoms with Crippen molar-refractivity contribution in [1.82, 2.24) is 9.78 Å². The molecule has 0 amide bonds. The Morgan fingerprint density at radius 2 is 2.15 bits per heavy atom. The molecule has 102 valence electrons. The molecule has 0 bridgehead atoms. The minimum atomic E-state index is -0.459. The quantitative estimate of drug-likeness (QED) is 0.832. The highest BCUT2D eigenvalue weighted by Crippen LogP contribution is 2.10. The maximum absolute atomic E-state index is 13.5. The summed E-state index contributed by atoms with van der Waals surface area (Å²) in [6, 6.07) is 7.50. The Morgan fingerprint density at radius 1 is 1.35 bits per heavy atom. The molecule has 0 spiro atoms. The molecule has 20 heavy (non-hydrogen) atoms. The maximum Gasteiger partial charge on any atom is 0.267 e. The summed E-state index contributed by atoms with van der Waals surface area (Å²) in [6.45, 7) is 1.70. The van der Waals surface area contributed by atoms with Crippen LogP contribution in [0.1, 0.15) is 16.8 Å². The second-order valence-electron chi connectivity index (χ2n) is 4.24. The van der Waals surface area contributed by atoms with Gasteiger partial charge in [-0.2, -0.15) is 5.10 Å². The third-order valence-electron chi connectivity index (χ3n) is 2.67. The summed E-state index contributed by atoms with van der Waals surface area (Å²) in [5, 5.41) is 12.8. The first kappa shape index (κ1) is 14.0. The molecule has 0 aliphatic carbocycles. The van der Waals surface area contributed by atoms with E-state index < -0.39 is 5.82 Å². The van der Waals surface area contributed by atoms with E-state index in [1.54, 1.807) is 25.1 Å². The molecule has 0 saturated carbocycles. The highest BCUT2D eigenvalue weighted by Gasteiger charge is 2.04. The lowest BCUT2D eigenvalue weighted by molar-refractivity contribution is 0.350. The molecule has 1 aromatic carbocycles. The second kappa shape index (κ2) is 6.13. The van der Waals surface area contributed by atoms with Crippen LogP contribution >= 0.6 is 0 Å². The number of nitrogens with zero attached hydrogens (tertiary/aromatic N) is 2. The summed E-state index contributed by atoms with van der Waals surface area (Å²) in [6.07, 6.45) is 0. The monoisotopic (exact) mass is 272 g/mol. The Kier molecular flexibility index (Phi) is 4.28. The molecule has 0 radical (unpaired) electrons. The Morgan fingerprint density at radius 3 is 2.90 bits per heavy atom. The Labute approximate surface area is 115 Å². The first-order chi connectivity index (χ1) is 9.60. The fraction of sp³-hybridized carbons (Fsp3) is 0.200. The number of halogens is 1. The lowest BCUT2D eigenvalue weighted by Crippen LogP contribution is -2.23. The van der Waals surface area contributed by atoms with Gasteiger partial charge in [0.05, 0.1) is 17.8 Å². The van der Waals surface area contributed by atoms with Crippen molar-refractivity contribution in [3.05, 3.63) is 63.3 Å². The Hall–Kier alpha value is -2.45. The van der Waals surface area contributed by atoms with Crippen LogP contribution in [-0.4, -0.2) is 21.5 Å². The van der Waals surface area contributed by atoms with E-state index in [1.165, 1.54) is 16.8 Å². The van der Waals surface area contributed by atoms with Crippen LogP contribution in [0.15, 0.2) is 35.1 Å². The van der Waals surface area contributed by atoms with Crippen molar-refractivity contribution in [2.45, 2.75) is 13.5 Å². The number of benzene rings is 1. The molecule has 0 fully saturated rings. The zero-order chi connectivity index (χ0) is 14.5. The van der Waals surface area contributed by atoms with E-state index in [9.17, 15) is 9.18 Å².